The number of aryl methyl sites for hydroxylation is 1. The van der Waals surface area contributed by atoms with Crippen LogP contribution in [-0.4, -0.2) is 12.6 Å². The Bertz CT molecular complexity index is 345. The van der Waals surface area contributed by atoms with E-state index in [1.807, 2.05) is 0 Å². The summed E-state index contributed by atoms with van der Waals surface area (Å²) in [6.45, 7) is 5.32. The second kappa shape index (κ2) is 5.24. The van der Waals surface area contributed by atoms with Gasteiger partial charge in [-0.3, -0.25) is 0 Å². The average molecular weight is 219 g/mol. The van der Waals surface area contributed by atoms with Crippen LogP contribution in [0.3, 0.4) is 0 Å². The Morgan fingerprint density at radius 1 is 1.31 bits per heavy atom. The van der Waals surface area contributed by atoms with E-state index in [2.05, 4.69) is 37.4 Å². The van der Waals surface area contributed by atoms with Crippen LogP contribution < -0.4 is 10.1 Å². The molecule has 1 N–H and O–H groups in total. The Morgan fingerprint density at radius 2 is 2.12 bits per heavy atom. The third-order valence-corrected chi connectivity index (χ3v) is 3.26. The van der Waals surface area contributed by atoms with Crippen LogP contribution in [0.1, 0.15) is 38.7 Å². The summed E-state index contributed by atoms with van der Waals surface area (Å²) in [6.07, 6.45) is 4.63. The maximum atomic E-state index is 5.61. The molecule has 0 unspecified atom stereocenters. The third-order valence-electron chi connectivity index (χ3n) is 3.26. The Kier molecular flexibility index (Phi) is 3.70. The summed E-state index contributed by atoms with van der Waals surface area (Å²) in [7, 11) is 0. The van der Waals surface area contributed by atoms with Crippen molar-refractivity contribution in [3.8, 4) is 5.75 Å². The minimum absolute atomic E-state index is 0.586. The van der Waals surface area contributed by atoms with Crippen LogP contribution in [0.4, 0.5) is 5.69 Å². The van der Waals surface area contributed by atoms with E-state index < -0.39 is 0 Å². The van der Waals surface area contributed by atoms with E-state index in [1.54, 1.807) is 0 Å². The minimum Gasteiger partial charge on any atom is -0.493 e. The Labute approximate surface area is 98.0 Å². The fourth-order valence-electron chi connectivity index (χ4n) is 2.18. The standard InChI is InChI=1S/C14H21NO/c1-3-12(4-2)15-13-7-8-14-11(10-13)6-5-9-16-14/h7-8,10,12,15H,3-6,9H2,1-2H3. The summed E-state index contributed by atoms with van der Waals surface area (Å²) in [5.41, 5.74) is 2.58. The highest BCUT2D eigenvalue weighted by Gasteiger charge is 2.11. The molecule has 1 aromatic rings. The van der Waals surface area contributed by atoms with Gasteiger partial charge in [-0.05, 0) is 49.4 Å². The van der Waals surface area contributed by atoms with Crippen molar-refractivity contribution in [2.24, 2.45) is 0 Å². The minimum atomic E-state index is 0.586. The first-order chi connectivity index (χ1) is 7.83. The van der Waals surface area contributed by atoms with E-state index in [4.69, 9.17) is 4.74 Å². The number of hydrogen-bond acceptors (Lipinski definition) is 2. The van der Waals surface area contributed by atoms with Gasteiger partial charge in [-0.25, -0.2) is 0 Å². The van der Waals surface area contributed by atoms with Crippen LogP contribution in [0.2, 0.25) is 0 Å². The highest BCUT2D eigenvalue weighted by atomic mass is 16.5. The molecule has 0 spiro atoms. The van der Waals surface area contributed by atoms with E-state index in [0.717, 1.165) is 25.2 Å². The molecule has 0 radical (unpaired) electrons. The number of rotatable bonds is 4. The van der Waals surface area contributed by atoms with Crippen LogP contribution in [-0.2, 0) is 6.42 Å². The number of hydrogen-bond donors (Lipinski definition) is 1. The van der Waals surface area contributed by atoms with Crippen molar-refractivity contribution in [3.63, 3.8) is 0 Å². The zero-order valence-corrected chi connectivity index (χ0v) is 10.3. The molecule has 1 aromatic carbocycles. The van der Waals surface area contributed by atoms with Gasteiger partial charge in [0.2, 0.25) is 0 Å². The third kappa shape index (κ3) is 2.49. The van der Waals surface area contributed by atoms with Crippen LogP contribution in [0.5, 0.6) is 5.75 Å². The van der Waals surface area contributed by atoms with Gasteiger partial charge in [0.15, 0.2) is 0 Å². The lowest BCUT2D eigenvalue weighted by Crippen LogP contribution is -2.17. The van der Waals surface area contributed by atoms with Gasteiger partial charge in [0, 0.05) is 11.7 Å². The van der Waals surface area contributed by atoms with Gasteiger partial charge >= 0.3 is 0 Å². The van der Waals surface area contributed by atoms with E-state index in [1.165, 1.54) is 24.1 Å². The van der Waals surface area contributed by atoms with Gasteiger partial charge in [0.1, 0.15) is 5.75 Å². The molecule has 1 aliphatic heterocycles. The summed E-state index contributed by atoms with van der Waals surface area (Å²) < 4.78 is 5.61. The molecule has 2 nitrogen and oxygen atoms in total. The predicted molar refractivity (Wildman–Crippen MR) is 68.3 cm³/mol. The lowest BCUT2D eigenvalue weighted by atomic mass is 10.0. The number of ether oxygens (including phenoxy) is 1. The molecule has 0 atom stereocenters. The Morgan fingerprint density at radius 3 is 2.88 bits per heavy atom. The van der Waals surface area contributed by atoms with E-state index in [-0.39, 0.29) is 0 Å². The Balaban J connectivity index is 2.10. The van der Waals surface area contributed by atoms with Crippen molar-refractivity contribution in [3.05, 3.63) is 23.8 Å². The first-order valence-electron chi connectivity index (χ1n) is 6.35. The Hall–Kier alpha value is -1.18. The van der Waals surface area contributed by atoms with Crippen molar-refractivity contribution >= 4 is 5.69 Å². The van der Waals surface area contributed by atoms with Crippen molar-refractivity contribution in [1.82, 2.24) is 0 Å². The van der Waals surface area contributed by atoms with Crippen LogP contribution in [0, 0.1) is 0 Å². The molecule has 88 valence electrons. The lowest BCUT2D eigenvalue weighted by Gasteiger charge is -2.20. The van der Waals surface area contributed by atoms with E-state index >= 15 is 0 Å². The van der Waals surface area contributed by atoms with Gasteiger partial charge in [-0.2, -0.15) is 0 Å². The normalized spacial score (nSPS) is 14.4. The molecule has 0 bridgehead atoms. The zero-order chi connectivity index (χ0) is 11.4. The quantitative estimate of drug-likeness (QED) is 0.835. The highest BCUT2D eigenvalue weighted by Crippen LogP contribution is 2.28. The number of benzene rings is 1. The van der Waals surface area contributed by atoms with Crippen molar-refractivity contribution < 1.29 is 4.74 Å². The molecular formula is C14H21NO. The topological polar surface area (TPSA) is 21.3 Å². The zero-order valence-electron chi connectivity index (χ0n) is 10.3. The maximum absolute atomic E-state index is 5.61. The summed E-state index contributed by atoms with van der Waals surface area (Å²) in [4.78, 5) is 0. The monoisotopic (exact) mass is 219 g/mol. The van der Waals surface area contributed by atoms with Gasteiger partial charge in [-0.15, -0.1) is 0 Å². The molecule has 2 heteroatoms. The molecule has 0 saturated heterocycles. The predicted octanol–water partition coefficient (Wildman–Crippen LogP) is 3.61. The fraction of sp³-hybridized carbons (Fsp3) is 0.571. The molecule has 1 heterocycles. The first-order valence-corrected chi connectivity index (χ1v) is 6.35. The molecule has 0 amide bonds. The summed E-state index contributed by atoms with van der Waals surface area (Å²) >= 11 is 0. The molecule has 16 heavy (non-hydrogen) atoms. The maximum Gasteiger partial charge on any atom is 0.122 e. The van der Waals surface area contributed by atoms with Crippen LogP contribution in [0.25, 0.3) is 0 Å². The van der Waals surface area contributed by atoms with E-state index in [0.29, 0.717) is 6.04 Å². The van der Waals surface area contributed by atoms with Crippen molar-refractivity contribution in [2.75, 3.05) is 11.9 Å². The summed E-state index contributed by atoms with van der Waals surface area (Å²) in [5.74, 6) is 1.07. The largest absolute Gasteiger partial charge is 0.493 e. The van der Waals surface area contributed by atoms with Gasteiger partial charge in [0.25, 0.3) is 0 Å². The smallest absolute Gasteiger partial charge is 0.122 e. The number of fused-ring (bicyclic) bond motifs is 1. The first kappa shape index (κ1) is 11.3. The molecule has 1 aliphatic rings. The summed E-state index contributed by atoms with van der Waals surface area (Å²) in [6, 6.07) is 7.05. The molecular weight excluding hydrogens is 198 g/mol. The van der Waals surface area contributed by atoms with Crippen LogP contribution in [0.15, 0.2) is 18.2 Å². The molecule has 0 fully saturated rings. The molecule has 0 aromatic heterocycles. The highest BCUT2D eigenvalue weighted by molar-refractivity contribution is 5.52. The number of anilines is 1. The molecule has 0 saturated carbocycles. The van der Waals surface area contributed by atoms with Gasteiger partial charge in [-0.1, -0.05) is 13.8 Å². The SMILES string of the molecule is CCC(CC)Nc1ccc2c(c1)CCCO2. The van der Waals surface area contributed by atoms with Gasteiger partial charge < -0.3 is 10.1 Å². The molecule has 2 rings (SSSR count). The van der Waals surface area contributed by atoms with Gasteiger partial charge in [0.05, 0.1) is 6.61 Å². The average Bonchev–Trinajstić information content (AvgIpc) is 2.35. The van der Waals surface area contributed by atoms with E-state index in [9.17, 15) is 0 Å². The van der Waals surface area contributed by atoms with Crippen molar-refractivity contribution in [1.29, 1.82) is 0 Å². The molecule has 0 aliphatic carbocycles. The second-order valence-corrected chi connectivity index (χ2v) is 4.43. The fourth-order valence-corrected chi connectivity index (χ4v) is 2.18. The number of nitrogens with one attached hydrogen (secondary N) is 1. The summed E-state index contributed by atoms with van der Waals surface area (Å²) in [5, 5.41) is 3.57. The second-order valence-electron chi connectivity index (χ2n) is 4.43. The van der Waals surface area contributed by atoms with Crippen molar-refractivity contribution in [2.45, 2.75) is 45.6 Å². The lowest BCUT2D eigenvalue weighted by molar-refractivity contribution is 0.288. The van der Waals surface area contributed by atoms with Crippen LogP contribution >= 0.6 is 0 Å².